The van der Waals surface area contributed by atoms with Crippen LogP contribution in [0.4, 0.5) is 0 Å². The summed E-state index contributed by atoms with van der Waals surface area (Å²) in [5.74, 6) is 1.25. The minimum Gasteiger partial charge on any atom is -0.442 e. The highest BCUT2D eigenvalue weighted by molar-refractivity contribution is 5.90. The smallest absolute Gasteiger partial charge is 0.265 e. The predicted octanol–water partition coefficient (Wildman–Crippen LogP) is 1.61. The van der Waals surface area contributed by atoms with Gasteiger partial charge in [0.15, 0.2) is 5.82 Å². The van der Waals surface area contributed by atoms with Gasteiger partial charge in [-0.1, -0.05) is 18.0 Å². The first-order chi connectivity index (χ1) is 11.0. The highest BCUT2D eigenvalue weighted by Crippen LogP contribution is 2.37. The van der Waals surface area contributed by atoms with Gasteiger partial charge in [-0.15, -0.1) is 0 Å². The minimum absolute atomic E-state index is 0.218. The van der Waals surface area contributed by atoms with Gasteiger partial charge < -0.3 is 19.2 Å². The number of aromatic nitrogens is 4. The standard InChI is InChI=1S/C15H17N5O3/c1-8-9(10-11(22-8)17-7-20(2)13(10)21)12-18-14(19-23-12)15(16)5-3-4-6-15/h7H,3-6,16H2,1-2H3. The summed E-state index contributed by atoms with van der Waals surface area (Å²) in [7, 11) is 1.63. The molecule has 3 heterocycles. The second-order valence-corrected chi connectivity index (χ2v) is 6.16. The SMILES string of the molecule is Cc1oc2ncn(C)c(=O)c2c1-c1nc(C2(N)CCCC2)no1. The zero-order valence-electron chi connectivity index (χ0n) is 13.0. The van der Waals surface area contributed by atoms with Gasteiger partial charge in [0.05, 0.1) is 11.1 Å². The first-order valence-corrected chi connectivity index (χ1v) is 7.58. The Kier molecular flexibility index (Phi) is 2.92. The lowest BCUT2D eigenvalue weighted by Gasteiger charge is -2.17. The number of rotatable bonds is 2. The maximum Gasteiger partial charge on any atom is 0.265 e. The maximum absolute atomic E-state index is 12.4. The number of aryl methyl sites for hydroxylation is 2. The molecule has 2 N–H and O–H groups in total. The lowest BCUT2D eigenvalue weighted by Crippen LogP contribution is -2.34. The molecular formula is C15H17N5O3. The van der Waals surface area contributed by atoms with E-state index in [1.807, 2.05) is 0 Å². The fourth-order valence-corrected chi connectivity index (χ4v) is 3.20. The molecule has 0 bridgehead atoms. The fraction of sp³-hybridized carbons (Fsp3) is 0.467. The number of nitrogens with two attached hydrogens (primary N) is 1. The second kappa shape index (κ2) is 4.76. The van der Waals surface area contributed by atoms with Crippen LogP contribution in [0, 0.1) is 6.92 Å². The van der Waals surface area contributed by atoms with Crippen molar-refractivity contribution < 1.29 is 8.94 Å². The van der Waals surface area contributed by atoms with E-state index in [9.17, 15) is 4.79 Å². The Hall–Kier alpha value is -2.48. The molecule has 1 saturated carbocycles. The molecule has 1 fully saturated rings. The van der Waals surface area contributed by atoms with Crippen LogP contribution in [0.1, 0.15) is 37.3 Å². The summed E-state index contributed by atoms with van der Waals surface area (Å²) in [5.41, 5.74) is 6.37. The van der Waals surface area contributed by atoms with Crippen LogP contribution < -0.4 is 11.3 Å². The normalized spacial score (nSPS) is 17.2. The molecule has 0 amide bonds. The van der Waals surface area contributed by atoms with Crippen molar-refractivity contribution in [3.05, 3.63) is 28.3 Å². The molecule has 0 atom stereocenters. The number of hydrogen-bond donors (Lipinski definition) is 1. The quantitative estimate of drug-likeness (QED) is 0.764. The van der Waals surface area contributed by atoms with Gasteiger partial charge in [0.25, 0.3) is 11.4 Å². The number of hydrogen-bond acceptors (Lipinski definition) is 7. The number of nitrogens with zero attached hydrogens (tertiary/aromatic N) is 4. The number of furan rings is 1. The van der Waals surface area contributed by atoms with Crippen molar-refractivity contribution in [2.45, 2.75) is 38.1 Å². The topological polar surface area (TPSA) is 113 Å². The Morgan fingerprint density at radius 1 is 1.35 bits per heavy atom. The monoisotopic (exact) mass is 315 g/mol. The molecular weight excluding hydrogens is 298 g/mol. The molecule has 3 aromatic heterocycles. The first kappa shape index (κ1) is 14.1. The van der Waals surface area contributed by atoms with Gasteiger partial charge in [-0.05, 0) is 19.8 Å². The Morgan fingerprint density at radius 2 is 2.09 bits per heavy atom. The van der Waals surface area contributed by atoms with E-state index in [1.165, 1.54) is 10.9 Å². The average Bonchev–Trinajstić information content (AvgIpc) is 3.21. The van der Waals surface area contributed by atoms with Crippen molar-refractivity contribution in [3.63, 3.8) is 0 Å². The molecule has 0 saturated heterocycles. The second-order valence-electron chi connectivity index (χ2n) is 6.16. The fourth-order valence-electron chi connectivity index (χ4n) is 3.20. The van der Waals surface area contributed by atoms with Crippen molar-refractivity contribution in [2.24, 2.45) is 12.8 Å². The minimum atomic E-state index is -0.543. The summed E-state index contributed by atoms with van der Waals surface area (Å²) in [4.78, 5) is 21.0. The lowest BCUT2D eigenvalue weighted by atomic mass is 9.98. The summed E-state index contributed by atoms with van der Waals surface area (Å²) in [5, 5.41) is 4.39. The third kappa shape index (κ3) is 2.02. The first-order valence-electron chi connectivity index (χ1n) is 7.58. The molecule has 1 aliphatic rings. The van der Waals surface area contributed by atoms with E-state index < -0.39 is 5.54 Å². The van der Waals surface area contributed by atoms with Crippen LogP contribution in [0.5, 0.6) is 0 Å². The molecule has 4 rings (SSSR count). The van der Waals surface area contributed by atoms with Gasteiger partial charge >= 0.3 is 0 Å². The number of fused-ring (bicyclic) bond motifs is 1. The van der Waals surface area contributed by atoms with Gasteiger partial charge in [0.1, 0.15) is 17.5 Å². The van der Waals surface area contributed by atoms with Crippen LogP contribution in [0.25, 0.3) is 22.6 Å². The summed E-state index contributed by atoms with van der Waals surface area (Å²) < 4.78 is 12.3. The van der Waals surface area contributed by atoms with Crippen LogP contribution >= 0.6 is 0 Å². The van der Waals surface area contributed by atoms with Gasteiger partial charge in [-0.25, -0.2) is 4.98 Å². The van der Waals surface area contributed by atoms with E-state index in [4.69, 9.17) is 14.7 Å². The van der Waals surface area contributed by atoms with E-state index in [1.54, 1.807) is 14.0 Å². The zero-order valence-corrected chi connectivity index (χ0v) is 13.0. The summed E-state index contributed by atoms with van der Waals surface area (Å²) in [6.45, 7) is 1.74. The van der Waals surface area contributed by atoms with E-state index in [2.05, 4.69) is 15.1 Å². The van der Waals surface area contributed by atoms with E-state index in [0.717, 1.165) is 25.7 Å². The van der Waals surface area contributed by atoms with Gasteiger partial charge in [-0.3, -0.25) is 4.79 Å². The van der Waals surface area contributed by atoms with Crippen molar-refractivity contribution >= 4 is 11.1 Å². The van der Waals surface area contributed by atoms with Crippen LogP contribution in [0.3, 0.4) is 0 Å². The summed E-state index contributed by atoms with van der Waals surface area (Å²) in [6.07, 6.45) is 5.20. The molecule has 120 valence electrons. The summed E-state index contributed by atoms with van der Waals surface area (Å²) >= 11 is 0. The van der Waals surface area contributed by atoms with Crippen molar-refractivity contribution in [1.29, 1.82) is 0 Å². The van der Waals surface area contributed by atoms with Crippen molar-refractivity contribution in [1.82, 2.24) is 19.7 Å². The van der Waals surface area contributed by atoms with Gasteiger partial charge in [0.2, 0.25) is 5.71 Å². The molecule has 3 aromatic rings. The van der Waals surface area contributed by atoms with Crippen LogP contribution in [0.2, 0.25) is 0 Å². The summed E-state index contributed by atoms with van der Waals surface area (Å²) in [6, 6.07) is 0. The lowest BCUT2D eigenvalue weighted by molar-refractivity contribution is 0.372. The van der Waals surface area contributed by atoms with Crippen molar-refractivity contribution in [3.8, 4) is 11.5 Å². The average molecular weight is 315 g/mol. The van der Waals surface area contributed by atoms with Crippen LogP contribution in [-0.2, 0) is 12.6 Å². The Morgan fingerprint density at radius 3 is 2.83 bits per heavy atom. The molecule has 0 aliphatic heterocycles. The molecule has 0 radical (unpaired) electrons. The molecule has 1 aliphatic carbocycles. The van der Waals surface area contributed by atoms with E-state index in [-0.39, 0.29) is 17.2 Å². The van der Waals surface area contributed by atoms with Crippen LogP contribution in [-0.4, -0.2) is 19.7 Å². The maximum atomic E-state index is 12.4. The highest BCUT2D eigenvalue weighted by atomic mass is 16.5. The largest absolute Gasteiger partial charge is 0.442 e. The molecule has 0 spiro atoms. The predicted molar refractivity (Wildman–Crippen MR) is 81.6 cm³/mol. The highest BCUT2D eigenvalue weighted by Gasteiger charge is 2.36. The van der Waals surface area contributed by atoms with Gasteiger partial charge in [0, 0.05) is 7.05 Å². The van der Waals surface area contributed by atoms with Crippen molar-refractivity contribution in [2.75, 3.05) is 0 Å². The Bertz CT molecular complexity index is 946. The Balaban J connectivity index is 1.90. The Labute approximate surface area is 131 Å². The molecule has 0 aromatic carbocycles. The molecule has 8 heteroatoms. The molecule has 8 nitrogen and oxygen atoms in total. The molecule has 0 unspecified atom stereocenters. The van der Waals surface area contributed by atoms with E-state index in [0.29, 0.717) is 22.5 Å². The molecule has 23 heavy (non-hydrogen) atoms. The zero-order chi connectivity index (χ0) is 16.2. The van der Waals surface area contributed by atoms with E-state index >= 15 is 0 Å². The van der Waals surface area contributed by atoms with Crippen LogP contribution in [0.15, 0.2) is 20.1 Å². The third-order valence-corrected chi connectivity index (χ3v) is 4.53. The van der Waals surface area contributed by atoms with Gasteiger partial charge in [-0.2, -0.15) is 4.98 Å². The third-order valence-electron chi connectivity index (χ3n) is 4.53.